The Bertz CT molecular complexity index is 1360. The van der Waals surface area contributed by atoms with Gasteiger partial charge in [0.05, 0.1) is 4.90 Å². The van der Waals surface area contributed by atoms with Crippen molar-refractivity contribution in [3.8, 4) is 0 Å². The molecule has 1 saturated heterocycles. The number of carbonyl (C=O) groups is 3. The number of sulfonamides is 1. The quantitative estimate of drug-likeness (QED) is 0.417. The molecule has 3 N–H and O–H groups in total. The third-order valence-electron chi connectivity index (χ3n) is 5.66. The molecule has 1 heterocycles. The van der Waals surface area contributed by atoms with Crippen molar-refractivity contribution in [3.63, 3.8) is 0 Å². The molecule has 180 valence electrons. The molecule has 0 saturated carbocycles. The summed E-state index contributed by atoms with van der Waals surface area (Å²) in [6.07, 6.45) is 0.916. The summed E-state index contributed by atoms with van der Waals surface area (Å²) in [4.78, 5) is 38.3. The van der Waals surface area contributed by atoms with Crippen molar-refractivity contribution in [2.45, 2.75) is 30.2 Å². The topological polar surface area (TPSA) is 125 Å². The number of nitrogens with one attached hydrogen (secondary N) is 3. The summed E-state index contributed by atoms with van der Waals surface area (Å²) >= 11 is 0. The molecule has 3 aromatic rings. The van der Waals surface area contributed by atoms with Crippen molar-refractivity contribution in [1.29, 1.82) is 0 Å². The number of hydrazine groups is 1. The average Bonchev–Trinajstić information content (AvgIpc) is 3.07. The van der Waals surface area contributed by atoms with Gasteiger partial charge in [0.1, 0.15) is 5.54 Å². The van der Waals surface area contributed by atoms with Crippen LogP contribution >= 0.6 is 0 Å². The Morgan fingerprint density at radius 1 is 0.943 bits per heavy atom. The van der Waals surface area contributed by atoms with Crippen LogP contribution in [0.3, 0.4) is 0 Å². The van der Waals surface area contributed by atoms with Crippen LogP contribution < -0.4 is 15.5 Å². The minimum Gasteiger partial charge on any atom is -0.322 e. The molecule has 3 aromatic carbocycles. The molecule has 1 fully saturated rings. The summed E-state index contributed by atoms with van der Waals surface area (Å²) in [7, 11) is -3.85. The number of carbonyl (C=O) groups excluding carboxylic acids is 3. The summed E-state index contributed by atoms with van der Waals surface area (Å²) < 4.78 is 27.5. The zero-order valence-electron chi connectivity index (χ0n) is 18.9. The molecule has 10 heteroatoms. The predicted octanol–water partition coefficient (Wildman–Crippen LogP) is 3.08. The largest absolute Gasteiger partial charge is 0.344 e. The molecule has 0 radical (unpaired) electrons. The Morgan fingerprint density at radius 2 is 1.60 bits per heavy atom. The number of nitrogens with zero attached hydrogens (tertiary/aromatic N) is 1. The van der Waals surface area contributed by atoms with E-state index in [2.05, 4.69) is 15.5 Å². The third kappa shape index (κ3) is 5.33. The Balaban J connectivity index is 1.44. The van der Waals surface area contributed by atoms with Gasteiger partial charge in [-0.05, 0) is 55.7 Å². The fourth-order valence-corrected chi connectivity index (χ4v) is 4.77. The van der Waals surface area contributed by atoms with Gasteiger partial charge in [-0.3, -0.25) is 19.7 Å². The number of amides is 4. The van der Waals surface area contributed by atoms with Gasteiger partial charge in [-0.25, -0.2) is 13.2 Å². The van der Waals surface area contributed by atoms with Gasteiger partial charge in [-0.15, -0.1) is 0 Å². The van der Waals surface area contributed by atoms with Crippen molar-refractivity contribution >= 4 is 33.6 Å². The smallest absolute Gasteiger partial charge is 0.322 e. The fourth-order valence-electron chi connectivity index (χ4n) is 3.70. The normalized spacial score (nSPS) is 17.7. The van der Waals surface area contributed by atoms with Crippen molar-refractivity contribution in [2.24, 2.45) is 0 Å². The highest BCUT2D eigenvalue weighted by atomic mass is 32.2. The molecular weight excluding hydrogens is 468 g/mol. The Morgan fingerprint density at radius 3 is 2.29 bits per heavy atom. The van der Waals surface area contributed by atoms with E-state index in [1.807, 2.05) is 30.3 Å². The van der Waals surface area contributed by atoms with Crippen LogP contribution in [0.25, 0.3) is 0 Å². The predicted molar refractivity (Wildman–Crippen MR) is 130 cm³/mol. The van der Waals surface area contributed by atoms with Crippen LogP contribution in [0.1, 0.15) is 29.3 Å². The standard InChI is InChI=1S/C25H24N4O5S/c1-25(16-15-18-9-4-2-5-10-18)23(31)29(24(32)26-25)27-22(30)19-11-8-12-20(17-19)28-35(33,34)21-13-6-3-7-14-21/h2-14,17,28H,15-16H2,1H3,(H,26,32)(H,27,30). The number of aryl methyl sites for hydroxylation is 1. The molecule has 9 nitrogen and oxygen atoms in total. The molecule has 0 aromatic heterocycles. The van der Waals surface area contributed by atoms with E-state index < -0.39 is 33.4 Å². The van der Waals surface area contributed by atoms with Crippen LogP contribution in [0.4, 0.5) is 10.5 Å². The molecule has 1 atom stereocenters. The van der Waals surface area contributed by atoms with Crippen LogP contribution in [0, 0.1) is 0 Å². The van der Waals surface area contributed by atoms with Gasteiger partial charge in [-0.2, -0.15) is 5.01 Å². The number of anilines is 1. The number of rotatable bonds is 8. The Hall–Kier alpha value is -4.18. The summed E-state index contributed by atoms with van der Waals surface area (Å²) in [5, 5.41) is 3.31. The van der Waals surface area contributed by atoms with Gasteiger partial charge in [0.2, 0.25) is 0 Å². The first-order valence-corrected chi connectivity index (χ1v) is 12.4. The molecule has 0 bridgehead atoms. The lowest BCUT2D eigenvalue weighted by atomic mass is 9.93. The van der Waals surface area contributed by atoms with Gasteiger partial charge in [0, 0.05) is 11.3 Å². The van der Waals surface area contributed by atoms with E-state index in [0.29, 0.717) is 17.9 Å². The van der Waals surface area contributed by atoms with Crippen LogP contribution in [0.5, 0.6) is 0 Å². The van der Waals surface area contributed by atoms with Crippen molar-refractivity contribution < 1.29 is 22.8 Å². The van der Waals surface area contributed by atoms with Crippen LogP contribution in [0.15, 0.2) is 89.8 Å². The number of benzene rings is 3. The van der Waals surface area contributed by atoms with Crippen molar-refractivity contribution in [1.82, 2.24) is 15.8 Å². The van der Waals surface area contributed by atoms with Gasteiger partial charge in [-0.1, -0.05) is 54.6 Å². The lowest BCUT2D eigenvalue weighted by molar-refractivity contribution is -0.132. The number of hydrogen-bond acceptors (Lipinski definition) is 5. The average molecular weight is 493 g/mol. The number of imide groups is 1. The lowest BCUT2D eigenvalue weighted by Gasteiger charge is -2.21. The first-order valence-electron chi connectivity index (χ1n) is 10.9. The van der Waals surface area contributed by atoms with E-state index in [-0.39, 0.29) is 16.1 Å². The van der Waals surface area contributed by atoms with E-state index >= 15 is 0 Å². The second-order valence-electron chi connectivity index (χ2n) is 8.33. The maximum atomic E-state index is 13.0. The van der Waals surface area contributed by atoms with Crippen molar-refractivity contribution in [3.05, 3.63) is 96.1 Å². The fraction of sp³-hybridized carbons (Fsp3) is 0.160. The van der Waals surface area contributed by atoms with E-state index in [9.17, 15) is 22.8 Å². The SMILES string of the molecule is CC1(CCc2ccccc2)NC(=O)N(NC(=O)c2cccc(NS(=O)(=O)c3ccccc3)c2)C1=O. The van der Waals surface area contributed by atoms with Gasteiger partial charge >= 0.3 is 6.03 Å². The highest BCUT2D eigenvalue weighted by Gasteiger charge is 2.48. The minimum atomic E-state index is -3.85. The van der Waals surface area contributed by atoms with Crippen molar-refractivity contribution in [2.75, 3.05) is 4.72 Å². The zero-order chi connectivity index (χ0) is 25.1. The molecule has 4 amide bonds. The zero-order valence-corrected chi connectivity index (χ0v) is 19.7. The Kier molecular flexibility index (Phi) is 6.57. The number of urea groups is 1. The van der Waals surface area contributed by atoms with Gasteiger partial charge < -0.3 is 5.32 Å². The summed E-state index contributed by atoms with van der Waals surface area (Å²) in [5.74, 6) is -1.31. The maximum absolute atomic E-state index is 13.0. The minimum absolute atomic E-state index is 0.0664. The Labute approximate surface area is 203 Å². The van der Waals surface area contributed by atoms with E-state index in [4.69, 9.17) is 0 Å². The molecule has 0 spiro atoms. The highest BCUT2D eigenvalue weighted by Crippen LogP contribution is 2.23. The van der Waals surface area contributed by atoms with Crippen LogP contribution in [0.2, 0.25) is 0 Å². The number of hydrogen-bond donors (Lipinski definition) is 3. The second-order valence-corrected chi connectivity index (χ2v) is 10.0. The summed E-state index contributed by atoms with van der Waals surface area (Å²) in [6, 6.07) is 22.4. The van der Waals surface area contributed by atoms with E-state index in [1.54, 1.807) is 25.1 Å². The lowest BCUT2D eigenvalue weighted by Crippen LogP contribution is -2.49. The third-order valence-corrected chi connectivity index (χ3v) is 7.06. The van der Waals surface area contributed by atoms with Crippen LogP contribution in [-0.4, -0.2) is 36.8 Å². The maximum Gasteiger partial charge on any atom is 0.344 e. The van der Waals surface area contributed by atoms with E-state index in [1.165, 1.54) is 36.4 Å². The second kappa shape index (κ2) is 9.59. The molecular formula is C25H24N4O5S. The van der Waals surface area contributed by atoms with Crippen LogP contribution in [-0.2, 0) is 21.2 Å². The summed E-state index contributed by atoms with van der Waals surface area (Å²) in [6.45, 7) is 1.61. The molecule has 0 aliphatic carbocycles. The van der Waals surface area contributed by atoms with Gasteiger partial charge in [0.15, 0.2) is 0 Å². The monoisotopic (exact) mass is 492 g/mol. The molecule has 1 aliphatic heterocycles. The first-order chi connectivity index (χ1) is 16.7. The van der Waals surface area contributed by atoms with E-state index in [0.717, 1.165) is 5.56 Å². The molecule has 35 heavy (non-hydrogen) atoms. The first kappa shape index (κ1) is 24.0. The summed E-state index contributed by atoms with van der Waals surface area (Å²) in [5.41, 5.74) is 2.40. The molecule has 4 rings (SSSR count). The highest BCUT2D eigenvalue weighted by molar-refractivity contribution is 7.92. The van der Waals surface area contributed by atoms with Gasteiger partial charge in [0.25, 0.3) is 21.8 Å². The molecule has 1 aliphatic rings. The molecule has 1 unspecified atom stereocenters.